The summed E-state index contributed by atoms with van der Waals surface area (Å²) in [6, 6.07) is 10.4. The molecular formula is C16H10N4OS. The molecule has 0 radical (unpaired) electrons. The standard InChI is InChI=1S/C16H10N4OS/c1-2-4-9(5-3-1)19-11-7-21-16-14(11)13-12(19)8-22-15(13)10-6-17-18-20(10)16/h1-8,17-18H. The zero-order chi connectivity index (χ0) is 14.3. The van der Waals surface area contributed by atoms with Crippen molar-refractivity contribution >= 4 is 43.6 Å². The lowest BCUT2D eigenvalue weighted by Crippen LogP contribution is -1.96. The van der Waals surface area contributed by atoms with Gasteiger partial charge in [0.1, 0.15) is 12.0 Å². The molecule has 4 aromatic rings. The number of nitrogens with one attached hydrogen (secondary N) is 2. The normalized spacial score (nSPS) is 12.5. The highest BCUT2D eigenvalue weighted by Gasteiger charge is 2.26. The molecule has 6 rings (SSSR count). The highest BCUT2D eigenvalue weighted by atomic mass is 32.1. The lowest BCUT2D eigenvalue weighted by atomic mass is 10.2. The highest BCUT2D eigenvalue weighted by molar-refractivity contribution is 7.18. The van der Waals surface area contributed by atoms with Crippen LogP contribution in [0.15, 0.2) is 52.6 Å². The van der Waals surface area contributed by atoms with Crippen LogP contribution < -0.4 is 0 Å². The van der Waals surface area contributed by atoms with Crippen molar-refractivity contribution in [3.8, 4) is 11.4 Å². The van der Waals surface area contributed by atoms with E-state index in [1.54, 1.807) is 11.3 Å². The minimum Gasteiger partial charge on any atom is -0.444 e. The summed E-state index contributed by atoms with van der Waals surface area (Å²) in [5.74, 6) is 0. The van der Waals surface area contributed by atoms with Gasteiger partial charge in [0, 0.05) is 22.7 Å². The van der Waals surface area contributed by atoms with Crippen LogP contribution in [0.2, 0.25) is 0 Å². The van der Waals surface area contributed by atoms with E-state index in [0.29, 0.717) is 0 Å². The zero-order valence-electron chi connectivity index (χ0n) is 11.3. The molecule has 0 aliphatic carbocycles. The van der Waals surface area contributed by atoms with Crippen molar-refractivity contribution < 1.29 is 4.42 Å². The number of pyridine rings is 1. The van der Waals surface area contributed by atoms with Gasteiger partial charge >= 0.3 is 0 Å². The SMILES string of the molecule is c1ccc(-n2c3csc4c5c[nH][nH]n-5c5occ2c5c43)cc1. The monoisotopic (exact) mass is 306 g/mol. The molecule has 0 fully saturated rings. The van der Waals surface area contributed by atoms with Gasteiger partial charge in [-0.2, -0.15) is 0 Å². The fourth-order valence-electron chi connectivity index (χ4n) is 3.45. The Morgan fingerprint density at radius 3 is 2.86 bits per heavy atom. The maximum Gasteiger partial charge on any atom is 0.230 e. The van der Waals surface area contributed by atoms with E-state index in [1.165, 1.54) is 21.0 Å². The fraction of sp³-hybridized carbons (Fsp3) is 0. The summed E-state index contributed by atoms with van der Waals surface area (Å²) >= 11 is 1.77. The number of nitrogens with zero attached hydrogens (tertiary/aromatic N) is 2. The van der Waals surface area contributed by atoms with E-state index in [-0.39, 0.29) is 0 Å². The molecule has 0 saturated heterocycles. The van der Waals surface area contributed by atoms with Crippen molar-refractivity contribution in [3.63, 3.8) is 0 Å². The Morgan fingerprint density at radius 1 is 1.05 bits per heavy atom. The van der Waals surface area contributed by atoms with E-state index in [4.69, 9.17) is 4.42 Å². The number of para-hydroxylation sites is 1. The maximum atomic E-state index is 5.87. The average Bonchev–Trinajstić information content (AvgIpc) is 3.28. The van der Waals surface area contributed by atoms with Gasteiger partial charge < -0.3 is 8.98 Å². The van der Waals surface area contributed by atoms with Gasteiger partial charge in [0.25, 0.3) is 0 Å². The molecule has 0 amide bonds. The molecule has 5 heterocycles. The third-order valence-electron chi connectivity index (χ3n) is 4.33. The van der Waals surface area contributed by atoms with Gasteiger partial charge in [-0.25, -0.2) is 9.90 Å². The van der Waals surface area contributed by atoms with Crippen molar-refractivity contribution in [2.75, 3.05) is 0 Å². The van der Waals surface area contributed by atoms with Crippen LogP contribution in [0.3, 0.4) is 0 Å². The molecule has 6 heteroatoms. The van der Waals surface area contributed by atoms with Crippen LogP contribution in [-0.4, -0.2) is 19.6 Å². The molecule has 0 unspecified atom stereocenters. The fourth-order valence-corrected chi connectivity index (χ4v) is 4.50. The molecule has 0 atom stereocenters. The van der Waals surface area contributed by atoms with Crippen molar-refractivity contribution in [1.82, 2.24) is 19.6 Å². The van der Waals surface area contributed by atoms with E-state index in [2.05, 4.69) is 44.5 Å². The molecule has 2 N–H and O–H groups in total. The second-order valence-electron chi connectivity index (χ2n) is 5.42. The van der Waals surface area contributed by atoms with Crippen LogP contribution in [0, 0.1) is 0 Å². The van der Waals surface area contributed by atoms with E-state index in [0.717, 1.165) is 22.6 Å². The Balaban J connectivity index is 1.95. The largest absolute Gasteiger partial charge is 0.444 e. The van der Waals surface area contributed by atoms with Gasteiger partial charge in [-0.3, -0.25) is 5.10 Å². The van der Waals surface area contributed by atoms with Gasteiger partial charge in [-0.05, 0) is 12.1 Å². The van der Waals surface area contributed by atoms with E-state index in [9.17, 15) is 0 Å². The first-order valence-corrected chi connectivity index (χ1v) is 7.92. The number of aromatic nitrogens is 4. The second-order valence-corrected chi connectivity index (χ2v) is 6.30. The van der Waals surface area contributed by atoms with Crippen molar-refractivity contribution in [2.24, 2.45) is 0 Å². The van der Waals surface area contributed by atoms with Gasteiger partial charge in [0.05, 0.1) is 21.1 Å². The third kappa shape index (κ3) is 1.05. The van der Waals surface area contributed by atoms with Crippen LogP contribution >= 0.6 is 11.3 Å². The first-order valence-electron chi connectivity index (χ1n) is 7.04. The topological polar surface area (TPSA) is 54.6 Å². The number of hydrogen-bond donors (Lipinski definition) is 2. The Kier molecular flexibility index (Phi) is 1.71. The molecule has 106 valence electrons. The maximum absolute atomic E-state index is 5.87. The van der Waals surface area contributed by atoms with Gasteiger partial charge in [-0.15, -0.1) is 11.3 Å². The van der Waals surface area contributed by atoms with E-state index >= 15 is 0 Å². The number of rotatable bonds is 1. The predicted molar refractivity (Wildman–Crippen MR) is 87.6 cm³/mol. The Bertz CT molecular complexity index is 1150. The molecular weight excluding hydrogens is 296 g/mol. The van der Waals surface area contributed by atoms with Crippen LogP contribution in [0.25, 0.3) is 43.6 Å². The second kappa shape index (κ2) is 3.48. The molecule has 22 heavy (non-hydrogen) atoms. The van der Waals surface area contributed by atoms with Gasteiger partial charge in [-0.1, -0.05) is 18.2 Å². The zero-order valence-corrected chi connectivity index (χ0v) is 12.1. The molecule has 0 saturated carbocycles. The quantitative estimate of drug-likeness (QED) is 0.462. The van der Waals surface area contributed by atoms with Crippen molar-refractivity contribution in [3.05, 3.63) is 48.2 Å². The van der Waals surface area contributed by atoms with Crippen LogP contribution in [0.1, 0.15) is 0 Å². The molecule has 0 bridgehead atoms. The van der Waals surface area contributed by atoms with Crippen molar-refractivity contribution in [2.45, 2.75) is 0 Å². The van der Waals surface area contributed by atoms with E-state index < -0.39 is 0 Å². The lowest BCUT2D eigenvalue weighted by molar-refractivity contribution is 0.579. The minimum atomic E-state index is 0.844. The van der Waals surface area contributed by atoms with Crippen LogP contribution in [0.5, 0.6) is 0 Å². The summed E-state index contributed by atoms with van der Waals surface area (Å²) in [4.78, 5) is 0. The number of thiophene rings is 1. The summed E-state index contributed by atoms with van der Waals surface area (Å²) < 4.78 is 11.4. The number of furan rings is 1. The summed E-state index contributed by atoms with van der Waals surface area (Å²) in [5, 5.41) is 10.9. The first-order chi connectivity index (χ1) is 10.9. The molecule has 5 nitrogen and oxygen atoms in total. The number of H-pyrrole nitrogens is 2. The number of hydrogen-bond acceptors (Lipinski definition) is 2. The third-order valence-corrected chi connectivity index (χ3v) is 5.32. The van der Waals surface area contributed by atoms with E-state index in [1.807, 2.05) is 23.2 Å². The minimum absolute atomic E-state index is 0.844. The average molecular weight is 306 g/mol. The molecule has 0 spiro atoms. The Labute approximate surface area is 127 Å². The first kappa shape index (κ1) is 10.8. The highest BCUT2D eigenvalue weighted by Crippen LogP contribution is 2.45. The summed E-state index contributed by atoms with van der Waals surface area (Å²) in [7, 11) is 0. The molecule has 2 aliphatic rings. The number of fused-ring (bicyclic) bond motifs is 3. The molecule has 1 aromatic carbocycles. The summed E-state index contributed by atoms with van der Waals surface area (Å²) in [6.45, 7) is 0. The van der Waals surface area contributed by atoms with Gasteiger partial charge in [0.2, 0.25) is 5.71 Å². The van der Waals surface area contributed by atoms with Crippen LogP contribution in [-0.2, 0) is 0 Å². The predicted octanol–water partition coefficient (Wildman–Crippen LogP) is 4.48. The summed E-state index contributed by atoms with van der Waals surface area (Å²) in [5.41, 5.74) is 5.45. The Hall–Kier alpha value is -2.86. The lowest BCUT2D eigenvalue weighted by Gasteiger charge is -2.04. The molecule has 2 aliphatic heterocycles. The number of benzene rings is 1. The van der Waals surface area contributed by atoms with Crippen LogP contribution in [0.4, 0.5) is 0 Å². The number of aromatic amines is 2. The molecule has 3 aromatic heterocycles. The Morgan fingerprint density at radius 2 is 1.95 bits per heavy atom. The van der Waals surface area contributed by atoms with Gasteiger partial charge in [0.15, 0.2) is 0 Å². The van der Waals surface area contributed by atoms with Crippen molar-refractivity contribution in [1.29, 1.82) is 0 Å². The summed E-state index contributed by atoms with van der Waals surface area (Å²) in [6.07, 6.45) is 3.82. The smallest absolute Gasteiger partial charge is 0.230 e.